The standard InChI is InChI=1S/C20H16Cl2N2/c21-17-9-8-14(11-18(17)22)19-16(13-5-2-1-3-6-13)12-15-7-4-10-24(15)20(19)23/h1-3,5-6,8-9,11-12,23H,4,7,10H2. The molecule has 0 atom stereocenters. The Morgan fingerprint density at radius 1 is 0.875 bits per heavy atom. The van der Waals surface area contributed by atoms with Crippen molar-refractivity contribution >= 4 is 23.2 Å². The molecule has 0 fully saturated rings. The fraction of sp³-hybridized carbons (Fsp3) is 0.150. The van der Waals surface area contributed by atoms with Gasteiger partial charge in [0.1, 0.15) is 5.49 Å². The summed E-state index contributed by atoms with van der Waals surface area (Å²) >= 11 is 12.3. The van der Waals surface area contributed by atoms with Crippen LogP contribution in [0.1, 0.15) is 12.1 Å². The minimum absolute atomic E-state index is 0.512. The Morgan fingerprint density at radius 3 is 2.42 bits per heavy atom. The Labute approximate surface area is 150 Å². The maximum Gasteiger partial charge on any atom is 0.133 e. The van der Waals surface area contributed by atoms with Crippen LogP contribution >= 0.6 is 23.2 Å². The second-order valence-electron chi connectivity index (χ2n) is 6.02. The van der Waals surface area contributed by atoms with Crippen molar-refractivity contribution in [3.8, 4) is 22.3 Å². The zero-order valence-electron chi connectivity index (χ0n) is 13.0. The molecular weight excluding hydrogens is 339 g/mol. The Kier molecular flexibility index (Phi) is 3.95. The van der Waals surface area contributed by atoms with Crippen molar-refractivity contribution in [1.29, 1.82) is 5.41 Å². The van der Waals surface area contributed by atoms with E-state index in [0.29, 0.717) is 15.5 Å². The van der Waals surface area contributed by atoms with Gasteiger partial charge in [0.2, 0.25) is 0 Å². The normalized spacial score (nSPS) is 13.1. The summed E-state index contributed by atoms with van der Waals surface area (Å²) in [6, 6.07) is 18.0. The quantitative estimate of drug-likeness (QED) is 0.624. The highest BCUT2D eigenvalue weighted by molar-refractivity contribution is 6.42. The van der Waals surface area contributed by atoms with E-state index in [4.69, 9.17) is 28.6 Å². The molecule has 0 unspecified atom stereocenters. The molecule has 1 N–H and O–H groups in total. The molecule has 2 aromatic carbocycles. The number of hydrogen-bond donors (Lipinski definition) is 1. The molecule has 0 spiro atoms. The SMILES string of the molecule is N=c1c(-c2ccc(Cl)c(Cl)c2)c(-c2ccccc2)cc2n1CCC2. The van der Waals surface area contributed by atoms with E-state index in [-0.39, 0.29) is 0 Å². The number of pyridine rings is 1. The van der Waals surface area contributed by atoms with Gasteiger partial charge in [0, 0.05) is 17.8 Å². The topological polar surface area (TPSA) is 28.8 Å². The molecule has 4 heteroatoms. The summed E-state index contributed by atoms with van der Waals surface area (Å²) in [5.41, 5.74) is 5.79. The molecule has 0 bridgehead atoms. The van der Waals surface area contributed by atoms with E-state index < -0.39 is 0 Å². The van der Waals surface area contributed by atoms with E-state index in [2.05, 4.69) is 22.8 Å². The lowest BCUT2D eigenvalue weighted by molar-refractivity contribution is 0.702. The number of nitrogens with zero attached hydrogens (tertiary/aromatic N) is 1. The molecule has 0 amide bonds. The van der Waals surface area contributed by atoms with Crippen molar-refractivity contribution in [1.82, 2.24) is 4.57 Å². The van der Waals surface area contributed by atoms with E-state index in [1.807, 2.05) is 30.3 Å². The molecule has 120 valence electrons. The van der Waals surface area contributed by atoms with E-state index >= 15 is 0 Å². The van der Waals surface area contributed by atoms with Crippen molar-refractivity contribution < 1.29 is 0 Å². The largest absolute Gasteiger partial charge is 0.330 e. The van der Waals surface area contributed by atoms with Gasteiger partial charge >= 0.3 is 0 Å². The number of fused-ring (bicyclic) bond motifs is 1. The predicted octanol–water partition coefficient (Wildman–Crippen LogP) is 5.55. The smallest absolute Gasteiger partial charge is 0.133 e. The van der Waals surface area contributed by atoms with Gasteiger partial charge in [-0.1, -0.05) is 59.6 Å². The van der Waals surface area contributed by atoms with Crippen molar-refractivity contribution in [2.75, 3.05) is 0 Å². The zero-order chi connectivity index (χ0) is 16.7. The summed E-state index contributed by atoms with van der Waals surface area (Å²) in [4.78, 5) is 0. The molecule has 2 nitrogen and oxygen atoms in total. The molecular formula is C20H16Cl2N2. The van der Waals surface area contributed by atoms with Gasteiger partial charge in [0.25, 0.3) is 0 Å². The molecule has 2 heterocycles. The van der Waals surface area contributed by atoms with Crippen LogP contribution in [0.2, 0.25) is 10.0 Å². The number of halogens is 2. The van der Waals surface area contributed by atoms with Crippen LogP contribution in [0, 0.1) is 5.41 Å². The van der Waals surface area contributed by atoms with Crippen LogP contribution in [0.25, 0.3) is 22.3 Å². The monoisotopic (exact) mass is 354 g/mol. The Morgan fingerprint density at radius 2 is 1.67 bits per heavy atom. The first-order valence-corrected chi connectivity index (χ1v) is 8.73. The van der Waals surface area contributed by atoms with Crippen LogP contribution < -0.4 is 5.49 Å². The summed E-state index contributed by atoms with van der Waals surface area (Å²) in [6.07, 6.45) is 2.11. The highest BCUT2D eigenvalue weighted by atomic mass is 35.5. The highest BCUT2D eigenvalue weighted by Crippen LogP contribution is 2.34. The third-order valence-corrected chi connectivity index (χ3v) is 5.28. The minimum Gasteiger partial charge on any atom is -0.330 e. The van der Waals surface area contributed by atoms with Crippen molar-refractivity contribution in [2.45, 2.75) is 19.4 Å². The summed E-state index contributed by atoms with van der Waals surface area (Å²) in [5.74, 6) is 0. The molecule has 24 heavy (non-hydrogen) atoms. The number of benzene rings is 2. The number of aromatic nitrogens is 1. The Balaban J connectivity index is 2.04. The first-order chi connectivity index (χ1) is 11.6. The third kappa shape index (κ3) is 2.56. The van der Waals surface area contributed by atoms with Crippen LogP contribution in [-0.4, -0.2) is 4.57 Å². The van der Waals surface area contributed by atoms with E-state index in [1.165, 1.54) is 5.69 Å². The highest BCUT2D eigenvalue weighted by Gasteiger charge is 2.19. The van der Waals surface area contributed by atoms with Gasteiger partial charge < -0.3 is 4.57 Å². The molecule has 0 radical (unpaired) electrons. The average molecular weight is 355 g/mol. The van der Waals surface area contributed by atoms with Crippen molar-refractivity contribution in [3.05, 3.63) is 75.8 Å². The summed E-state index contributed by atoms with van der Waals surface area (Å²) in [6.45, 7) is 0.900. The average Bonchev–Trinajstić information content (AvgIpc) is 3.07. The van der Waals surface area contributed by atoms with Gasteiger partial charge in [-0.25, -0.2) is 0 Å². The lowest BCUT2D eigenvalue weighted by atomic mass is 9.95. The van der Waals surface area contributed by atoms with Gasteiger partial charge in [-0.15, -0.1) is 0 Å². The Bertz CT molecular complexity index is 975. The first kappa shape index (κ1) is 15.5. The zero-order valence-corrected chi connectivity index (χ0v) is 14.5. The molecule has 0 saturated carbocycles. The molecule has 0 saturated heterocycles. The molecule has 3 aromatic rings. The molecule has 1 aliphatic heterocycles. The number of hydrogen-bond acceptors (Lipinski definition) is 1. The molecule has 4 rings (SSSR count). The number of rotatable bonds is 2. The second kappa shape index (κ2) is 6.12. The lowest BCUT2D eigenvalue weighted by Gasteiger charge is -2.16. The second-order valence-corrected chi connectivity index (χ2v) is 6.84. The van der Waals surface area contributed by atoms with Gasteiger partial charge in [0.15, 0.2) is 0 Å². The van der Waals surface area contributed by atoms with Crippen LogP contribution in [-0.2, 0) is 13.0 Å². The maximum atomic E-state index is 8.77. The minimum atomic E-state index is 0.512. The van der Waals surface area contributed by atoms with Gasteiger partial charge in [-0.3, -0.25) is 5.41 Å². The maximum absolute atomic E-state index is 8.77. The fourth-order valence-corrected chi connectivity index (χ4v) is 3.69. The number of aryl methyl sites for hydroxylation is 1. The Hall–Kier alpha value is -2.03. The van der Waals surface area contributed by atoms with Gasteiger partial charge in [0.05, 0.1) is 10.0 Å². The summed E-state index contributed by atoms with van der Waals surface area (Å²) < 4.78 is 2.10. The van der Waals surface area contributed by atoms with Crippen LogP contribution in [0.5, 0.6) is 0 Å². The van der Waals surface area contributed by atoms with Crippen LogP contribution in [0.4, 0.5) is 0 Å². The summed E-state index contributed by atoms with van der Waals surface area (Å²) in [7, 11) is 0. The molecule has 1 aromatic heterocycles. The molecule has 1 aliphatic rings. The molecule has 0 aliphatic carbocycles. The van der Waals surface area contributed by atoms with Gasteiger partial charge in [-0.05, 0) is 47.7 Å². The van der Waals surface area contributed by atoms with Crippen molar-refractivity contribution in [2.24, 2.45) is 0 Å². The third-order valence-electron chi connectivity index (χ3n) is 4.54. The van der Waals surface area contributed by atoms with E-state index in [0.717, 1.165) is 41.6 Å². The summed E-state index contributed by atoms with van der Waals surface area (Å²) in [5, 5.41) is 9.81. The van der Waals surface area contributed by atoms with E-state index in [1.54, 1.807) is 6.07 Å². The fourth-order valence-electron chi connectivity index (χ4n) is 3.39. The van der Waals surface area contributed by atoms with Crippen molar-refractivity contribution in [3.63, 3.8) is 0 Å². The van der Waals surface area contributed by atoms with Gasteiger partial charge in [-0.2, -0.15) is 0 Å². The lowest BCUT2D eigenvalue weighted by Crippen LogP contribution is -2.22. The number of nitrogens with one attached hydrogen (secondary N) is 1. The first-order valence-electron chi connectivity index (χ1n) is 7.97. The van der Waals surface area contributed by atoms with Crippen LogP contribution in [0.3, 0.4) is 0 Å². The van der Waals surface area contributed by atoms with Crippen LogP contribution in [0.15, 0.2) is 54.6 Å². The van der Waals surface area contributed by atoms with E-state index in [9.17, 15) is 0 Å². The predicted molar refractivity (Wildman–Crippen MR) is 99.5 cm³/mol.